The zero-order valence-electron chi connectivity index (χ0n) is 34.7. The highest BCUT2D eigenvalue weighted by atomic mass is 15.1. The Morgan fingerprint density at radius 2 is 1.21 bits per heavy atom. The number of aryl methyl sites for hydroxylation is 2. The molecule has 8 aromatic carbocycles. The normalized spacial score (nSPS) is 13.6. The lowest BCUT2D eigenvalue weighted by molar-refractivity contribution is 0.660. The highest BCUT2D eigenvalue weighted by molar-refractivity contribution is 6.11. The van der Waals surface area contributed by atoms with Gasteiger partial charge in [0.1, 0.15) is 0 Å². The second kappa shape index (κ2) is 13.6. The predicted octanol–water partition coefficient (Wildman–Crippen LogP) is 15.8. The molecule has 0 amide bonds. The largest absolute Gasteiger partial charge is 0.310 e. The molecule has 0 N–H and O–H groups in total. The fraction of sp³-hybridized carbons (Fsp3) is 0.179. The molecule has 0 radical (unpaired) electrons. The monoisotopic (exact) mass is 750 g/mol. The molecule has 1 heterocycles. The summed E-state index contributed by atoms with van der Waals surface area (Å²) in [6, 6.07) is 59.4. The van der Waals surface area contributed by atoms with Crippen molar-refractivity contribution in [3.05, 3.63) is 191 Å². The first-order valence-corrected chi connectivity index (χ1v) is 20.9. The number of rotatable bonds is 7. The van der Waals surface area contributed by atoms with Crippen molar-refractivity contribution in [2.45, 2.75) is 66.2 Å². The molecule has 1 aromatic heterocycles. The number of hydrogen-bond donors (Lipinski definition) is 0. The van der Waals surface area contributed by atoms with Crippen LogP contribution in [0.5, 0.6) is 0 Å². The first kappa shape index (κ1) is 36.0. The van der Waals surface area contributed by atoms with Crippen LogP contribution in [0.4, 0.5) is 17.1 Å². The molecule has 2 heteroatoms. The van der Waals surface area contributed by atoms with Gasteiger partial charge in [0, 0.05) is 38.6 Å². The zero-order chi connectivity index (χ0) is 39.9. The van der Waals surface area contributed by atoms with Gasteiger partial charge in [-0.3, -0.25) is 0 Å². The van der Waals surface area contributed by atoms with Crippen LogP contribution in [0, 0.1) is 20.8 Å². The maximum Gasteiger partial charge on any atom is 0.0543 e. The summed E-state index contributed by atoms with van der Waals surface area (Å²) in [4.78, 5) is 2.53. The Kier molecular flexibility index (Phi) is 8.46. The van der Waals surface area contributed by atoms with Gasteiger partial charge in [0.15, 0.2) is 0 Å². The van der Waals surface area contributed by atoms with E-state index in [2.05, 4.69) is 216 Å². The van der Waals surface area contributed by atoms with Crippen LogP contribution in [0.3, 0.4) is 0 Å². The van der Waals surface area contributed by atoms with Crippen molar-refractivity contribution in [1.29, 1.82) is 0 Å². The molecule has 9 aromatic rings. The van der Waals surface area contributed by atoms with Crippen molar-refractivity contribution < 1.29 is 0 Å². The Labute approximate surface area is 343 Å². The highest BCUT2D eigenvalue weighted by Gasteiger charge is 2.38. The molecule has 0 fully saturated rings. The van der Waals surface area contributed by atoms with E-state index < -0.39 is 0 Å². The van der Waals surface area contributed by atoms with Crippen molar-refractivity contribution in [2.75, 3.05) is 4.90 Å². The molecule has 0 bridgehead atoms. The highest BCUT2D eigenvalue weighted by Crippen LogP contribution is 2.55. The van der Waals surface area contributed by atoms with Crippen LogP contribution in [0.25, 0.3) is 60.5 Å². The molecule has 58 heavy (non-hydrogen) atoms. The van der Waals surface area contributed by atoms with Gasteiger partial charge in [-0.05, 0) is 138 Å². The topological polar surface area (TPSA) is 8.17 Å². The van der Waals surface area contributed by atoms with Crippen LogP contribution in [0.2, 0.25) is 0 Å². The third-order valence-electron chi connectivity index (χ3n) is 13.2. The summed E-state index contributed by atoms with van der Waals surface area (Å²) in [6.45, 7) is 16.1. The molecule has 1 aliphatic carbocycles. The van der Waals surface area contributed by atoms with E-state index in [1.807, 2.05) is 0 Å². The average molecular weight is 751 g/mol. The maximum absolute atomic E-state index is 2.53. The SMILES string of the molecule is CCC(C)c1ccccc1-c1cccc(N(c2ccc(C)cc2)c2cc3c(c4ccccc24)-c2ccc(-n4c5ccccc5c5cc(C)ccc54)cc2C3(C)C)c1C. The summed E-state index contributed by atoms with van der Waals surface area (Å²) in [5.41, 5.74) is 20.2. The van der Waals surface area contributed by atoms with Gasteiger partial charge in [-0.1, -0.05) is 142 Å². The second-order valence-corrected chi connectivity index (χ2v) is 17.1. The van der Waals surface area contributed by atoms with Crippen LogP contribution < -0.4 is 4.90 Å². The van der Waals surface area contributed by atoms with Gasteiger partial charge in [0.05, 0.1) is 16.7 Å². The van der Waals surface area contributed by atoms with Gasteiger partial charge in [0.2, 0.25) is 0 Å². The van der Waals surface area contributed by atoms with Gasteiger partial charge < -0.3 is 9.47 Å². The first-order valence-electron chi connectivity index (χ1n) is 20.9. The van der Waals surface area contributed by atoms with Crippen molar-refractivity contribution in [3.63, 3.8) is 0 Å². The van der Waals surface area contributed by atoms with E-state index in [0.717, 1.165) is 12.1 Å². The van der Waals surface area contributed by atoms with Crippen LogP contribution in [-0.2, 0) is 5.41 Å². The summed E-state index contributed by atoms with van der Waals surface area (Å²) >= 11 is 0. The van der Waals surface area contributed by atoms with E-state index in [1.54, 1.807) is 0 Å². The molecular formula is C56H50N2. The summed E-state index contributed by atoms with van der Waals surface area (Å²) in [7, 11) is 0. The lowest BCUT2D eigenvalue weighted by atomic mass is 9.81. The second-order valence-electron chi connectivity index (χ2n) is 17.1. The molecule has 1 unspecified atom stereocenters. The molecule has 10 rings (SSSR count). The number of nitrogens with zero attached hydrogens (tertiary/aromatic N) is 2. The van der Waals surface area contributed by atoms with Crippen molar-refractivity contribution in [3.8, 4) is 27.9 Å². The van der Waals surface area contributed by atoms with Crippen molar-refractivity contribution >= 4 is 49.6 Å². The average Bonchev–Trinajstić information content (AvgIpc) is 3.69. The standard InChI is InChI=1S/C56H50N2/c1-8-37(4)41-16-9-10-17-43(41)42-21-15-23-51(38(42)5)57(39-27-24-35(2)25-28-39)54-34-50-55(46-20-12-11-18-44(46)54)47-30-29-40(33-49(47)56(50,6)7)58-52-22-14-13-19-45(52)48-32-36(3)26-31-53(48)58/h9-34,37H,8H2,1-7H3. The first-order chi connectivity index (χ1) is 28.2. The number of benzene rings is 8. The smallest absolute Gasteiger partial charge is 0.0543 e. The van der Waals surface area contributed by atoms with Crippen LogP contribution in [0.15, 0.2) is 158 Å². The van der Waals surface area contributed by atoms with E-state index >= 15 is 0 Å². The van der Waals surface area contributed by atoms with Crippen molar-refractivity contribution in [2.24, 2.45) is 0 Å². The van der Waals surface area contributed by atoms with E-state index in [-0.39, 0.29) is 5.41 Å². The Morgan fingerprint density at radius 1 is 0.534 bits per heavy atom. The molecule has 1 atom stereocenters. The molecular weight excluding hydrogens is 701 g/mol. The Hall–Kier alpha value is -6.38. The third-order valence-corrected chi connectivity index (χ3v) is 13.2. The van der Waals surface area contributed by atoms with Gasteiger partial charge in [-0.15, -0.1) is 0 Å². The summed E-state index contributed by atoms with van der Waals surface area (Å²) in [6.07, 6.45) is 1.10. The van der Waals surface area contributed by atoms with Gasteiger partial charge in [-0.2, -0.15) is 0 Å². The fourth-order valence-electron chi connectivity index (χ4n) is 9.89. The van der Waals surface area contributed by atoms with Crippen LogP contribution >= 0.6 is 0 Å². The van der Waals surface area contributed by atoms with E-state index in [1.165, 1.54) is 105 Å². The molecule has 0 spiro atoms. The molecule has 2 nitrogen and oxygen atoms in total. The van der Waals surface area contributed by atoms with E-state index in [0.29, 0.717) is 5.92 Å². The van der Waals surface area contributed by atoms with E-state index in [4.69, 9.17) is 0 Å². The number of anilines is 3. The Morgan fingerprint density at radius 3 is 2.00 bits per heavy atom. The lowest BCUT2D eigenvalue weighted by Crippen LogP contribution is -2.18. The Bertz CT molecular complexity index is 3070. The van der Waals surface area contributed by atoms with E-state index in [9.17, 15) is 0 Å². The molecule has 284 valence electrons. The lowest BCUT2D eigenvalue weighted by Gasteiger charge is -2.31. The molecule has 0 saturated carbocycles. The number of fused-ring (bicyclic) bond motifs is 8. The minimum Gasteiger partial charge on any atom is -0.310 e. The number of aromatic nitrogens is 1. The molecule has 1 aliphatic rings. The third kappa shape index (κ3) is 5.46. The quantitative estimate of drug-likeness (QED) is 0.157. The summed E-state index contributed by atoms with van der Waals surface area (Å²) in [5.74, 6) is 0.469. The fourth-order valence-corrected chi connectivity index (χ4v) is 9.89. The summed E-state index contributed by atoms with van der Waals surface area (Å²) in [5, 5.41) is 5.12. The van der Waals surface area contributed by atoms with Gasteiger partial charge >= 0.3 is 0 Å². The molecule has 0 saturated heterocycles. The number of hydrogen-bond acceptors (Lipinski definition) is 1. The van der Waals surface area contributed by atoms with Gasteiger partial charge in [0.25, 0.3) is 0 Å². The number of para-hydroxylation sites is 1. The maximum atomic E-state index is 2.53. The van der Waals surface area contributed by atoms with Crippen LogP contribution in [0.1, 0.15) is 73.4 Å². The summed E-state index contributed by atoms with van der Waals surface area (Å²) < 4.78 is 2.46. The zero-order valence-corrected chi connectivity index (χ0v) is 34.7. The molecule has 0 aliphatic heterocycles. The van der Waals surface area contributed by atoms with Crippen LogP contribution in [-0.4, -0.2) is 4.57 Å². The minimum atomic E-state index is -0.250. The van der Waals surface area contributed by atoms with Gasteiger partial charge in [-0.25, -0.2) is 0 Å². The Balaban J connectivity index is 1.20. The van der Waals surface area contributed by atoms with Crippen molar-refractivity contribution in [1.82, 2.24) is 4.57 Å². The predicted molar refractivity (Wildman–Crippen MR) is 249 cm³/mol. The minimum absolute atomic E-state index is 0.250.